The first-order valence-corrected chi connectivity index (χ1v) is 11.7. The second kappa shape index (κ2) is 13.3. The number of aryl methyl sites for hydroxylation is 4. The molecule has 0 bridgehead atoms. The molecule has 0 aliphatic carbocycles. The van der Waals surface area contributed by atoms with Gasteiger partial charge in [0.05, 0.1) is 0 Å². The normalized spacial score (nSPS) is 9.93. The van der Waals surface area contributed by atoms with Crippen molar-refractivity contribution in [3.8, 4) is 0 Å². The number of fused-ring (bicyclic) bond motifs is 1. The van der Waals surface area contributed by atoms with Crippen LogP contribution in [-0.2, 0) is 25.7 Å². The lowest BCUT2D eigenvalue weighted by atomic mass is 9.96. The molecular weight excluding hydrogens is 356 g/mol. The van der Waals surface area contributed by atoms with Crippen LogP contribution in [0.2, 0.25) is 0 Å². The van der Waals surface area contributed by atoms with Crippen LogP contribution in [0.4, 0.5) is 0 Å². The molecule has 0 aliphatic rings. The van der Waals surface area contributed by atoms with E-state index in [-0.39, 0.29) is 0 Å². The van der Waals surface area contributed by atoms with Gasteiger partial charge < -0.3 is 0 Å². The highest BCUT2D eigenvalue weighted by atomic mass is 32.1. The van der Waals surface area contributed by atoms with Crippen molar-refractivity contribution in [2.45, 2.75) is 73.6 Å². The number of benzene rings is 2. The molecule has 0 saturated heterocycles. The predicted octanol–water partition coefficient (Wildman–Crippen LogP) is 8.90. The standard InChI is InChI=1S/C22H24S.C3H8.C2H6/c1-4-16-7-9-17(10-8-16)11-13-20-18(5-2)12-14-22-21(20)15-19(6-3)23-22;1-3-2;1-2/h5,7-10,12,14-15H,2,4,6,11,13H2,1,3H3;3H2,1-2H3;1-2H3. The van der Waals surface area contributed by atoms with Crippen LogP contribution in [0, 0.1) is 0 Å². The first kappa shape index (κ1) is 24.2. The van der Waals surface area contributed by atoms with Crippen molar-refractivity contribution < 1.29 is 0 Å². The van der Waals surface area contributed by atoms with Crippen LogP contribution >= 0.6 is 11.3 Å². The molecule has 0 saturated carbocycles. The number of rotatable bonds is 6. The van der Waals surface area contributed by atoms with Crippen molar-refractivity contribution in [2.24, 2.45) is 0 Å². The third-order valence-corrected chi connectivity index (χ3v) is 5.81. The molecule has 0 amide bonds. The summed E-state index contributed by atoms with van der Waals surface area (Å²) in [5, 5.41) is 1.43. The van der Waals surface area contributed by atoms with E-state index in [9.17, 15) is 0 Å². The molecule has 28 heavy (non-hydrogen) atoms. The summed E-state index contributed by atoms with van der Waals surface area (Å²) in [5.74, 6) is 0. The molecule has 0 N–H and O–H groups in total. The lowest BCUT2D eigenvalue weighted by molar-refractivity contribution is 0.963. The maximum Gasteiger partial charge on any atom is 0.0348 e. The lowest BCUT2D eigenvalue weighted by Gasteiger charge is -2.09. The van der Waals surface area contributed by atoms with Crippen LogP contribution in [0.3, 0.4) is 0 Å². The van der Waals surface area contributed by atoms with E-state index in [1.165, 1.54) is 43.6 Å². The Labute approximate surface area is 177 Å². The summed E-state index contributed by atoms with van der Waals surface area (Å²) in [5.41, 5.74) is 5.56. The maximum absolute atomic E-state index is 4.01. The molecular formula is C27H38S. The Morgan fingerprint density at radius 2 is 1.43 bits per heavy atom. The average molecular weight is 395 g/mol. The Bertz CT molecular complexity index is 821. The summed E-state index contributed by atoms with van der Waals surface area (Å²) in [4.78, 5) is 1.47. The molecule has 0 atom stereocenters. The van der Waals surface area contributed by atoms with E-state index in [0.29, 0.717) is 0 Å². The van der Waals surface area contributed by atoms with Gasteiger partial charge >= 0.3 is 0 Å². The monoisotopic (exact) mass is 394 g/mol. The third kappa shape index (κ3) is 6.63. The van der Waals surface area contributed by atoms with Crippen molar-refractivity contribution in [3.63, 3.8) is 0 Å². The van der Waals surface area contributed by atoms with Crippen molar-refractivity contribution >= 4 is 27.5 Å². The molecule has 3 rings (SSSR count). The lowest BCUT2D eigenvalue weighted by Crippen LogP contribution is -1.95. The minimum atomic E-state index is 1.07. The molecule has 1 aromatic heterocycles. The zero-order valence-corrected chi connectivity index (χ0v) is 19.6. The molecule has 0 aliphatic heterocycles. The Morgan fingerprint density at radius 1 is 0.821 bits per heavy atom. The summed E-state index contributed by atoms with van der Waals surface area (Å²) >= 11 is 1.92. The average Bonchev–Trinajstić information content (AvgIpc) is 3.18. The number of hydrogen-bond donors (Lipinski definition) is 0. The summed E-state index contributed by atoms with van der Waals surface area (Å²) in [6, 6.07) is 15.9. The van der Waals surface area contributed by atoms with Crippen LogP contribution < -0.4 is 0 Å². The molecule has 0 fully saturated rings. The molecule has 0 unspecified atom stereocenters. The fourth-order valence-electron chi connectivity index (χ4n) is 3.09. The van der Waals surface area contributed by atoms with Crippen molar-refractivity contribution in [1.82, 2.24) is 0 Å². The molecule has 3 aromatic rings. The van der Waals surface area contributed by atoms with Gasteiger partial charge in [-0.3, -0.25) is 0 Å². The van der Waals surface area contributed by atoms with Crippen LogP contribution in [-0.4, -0.2) is 0 Å². The van der Waals surface area contributed by atoms with Gasteiger partial charge in [-0.15, -0.1) is 11.3 Å². The molecule has 0 radical (unpaired) electrons. The minimum absolute atomic E-state index is 1.07. The van der Waals surface area contributed by atoms with Gasteiger partial charge in [0.25, 0.3) is 0 Å². The van der Waals surface area contributed by atoms with Gasteiger partial charge in [0, 0.05) is 9.58 Å². The quantitative estimate of drug-likeness (QED) is 0.391. The Balaban J connectivity index is 0.000000717. The molecule has 152 valence electrons. The largest absolute Gasteiger partial charge is 0.140 e. The Morgan fingerprint density at radius 3 is 1.96 bits per heavy atom. The number of hydrogen-bond acceptors (Lipinski definition) is 1. The van der Waals surface area contributed by atoms with E-state index in [0.717, 1.165) is 25.7 Å². The Kier molecular flexibility index (Phi) is 11.5. The fraction of sp³-hybridized carbons (Fsp3) is 0.407. The van der Waals surface area contributed by atoms with E-state index in [4.69, 9.17) is 0 Å². The van der Waals surface area contributed by atoms with E-state index in [2.05, 4.69) is 76.7 Å². The minimum Gasteiger partial charge on any atom is -0.140 e. The summed E-state index contributed by atoms with van der Waals surface area (Å²) < 4.78 is 1.41. The highest BCUT2D eigenvalue weighted by molar-refractivity contribution is 7.19. The fourth-order valence-corrected chi connectivity index (χ4v) is 4.13. The first-order chi connectivity index (χ1) is 13.7. The summed E-state index contributed by atoms with van der Waals surface area (Å²) in [6.07, 6.45) is 7.62. The van der Waals surface area contributed by atoms with Crippen LogP contribution in [0.25, 0.3) is 16.2 Å². The van der Waals surface area contributed by atoms with Gasteiger partial charge in [-0.05, 0) is 65.5 Å². The van der Waals surface area contributed by atoms with Crippen LogP contribution in [0.1, 0.15) is 75.1 Å². The van der Waals surface area contributed by atoms with E-state index < -0.39 is 0 Å². The van der Waals surface area contributed by atoms with Crippen molar-refractivity contribution in [1.29, 1.82) is 0 Å². The topological polar surface area (TPSA) is 0 Å². The van der Waals surface area contributed by atoms with Gasteiger partial charge in [0.1, 0.15) is 0 Å². The number of thiophene rings is 1. The van der Waals surface area contributed by atoms with Crippen molar-refractivity contribution in [2.75, 3.05) is 0 Å². The highest BCUT2D eigenvalue weighted by Gasteiger charge is 2.09. The second-order valence-corrected chi connectivity index (χ2v) is 7.86. The van der Waals surface area contributed by atoms with Crippen LogP contribution in [0.5, 0.6) is 0 Å². The molecule has 2 aromatic carbocycles. The highest BCUT2D eigenvalue weighted by Crippen LogP contribution is 2.32. The molecule has 0 nitrogen and oxygen atoms in total. The van der Waals surface area contributed by atoms with Gasteiger partial charge in [-0.25, -0.2) is 0 Å². The van der Waals surface area contributed by atoms with Gasteiger partial charge in [-0.2, -0.15) is 0 Å². The summed E-state index contributed by atoms with van der Waals surface area (Å²) in [7, 11) is 0. The zero-order valence-electron chi connectivity index (χ0n) is 18.8. The van der Waals surface area contributed by atoms with Crippen LogP contribution in [0.15, 0.2) is 49.0 Å². The second-order valence-electron chi connectivity index (χ2n) is 6.69. The van der Waals surface area contributed by atoms with Gasteiger partial charge in [0.15, 0.2) is 0 Å². The van der Waals surface area contributed by atoms with E-state index in [1.807, 2.05) is 31.3 Å². The van der Waals surface area contributed by atoms with Crippen molar-refractivity contribution in [3.05, 3.63) is 76.2 Å². The predicted molar refractivity (Wildman–Crippen MR) is 132 cm³/mol. The maximum atomic E-state index is 4.01. The molecule has 1 heterocycles. The Hall–Kier alpha value is -1.86. The first-order valence-electron chi connectivity index (χ1n) is 10.9. The smallest absolute Gasteiger partial charge is 0.0348 e. The molecule has 1 heteroatoms. The third-order valence-electron chi connectivity index (χ3n) is 4.56. The van der Waals surface area contributed by atoms with Gasteiger partial charge in [0.2, 0.25) is 0 Å². The van der Waals surface area contributed by atoms with E-state index >= 15 is 0 Å². The molecule has 0 spiro atoms. The van der Waals surface area contributed by atoms with E-state index in [1.54, 1.807) is 0 Å². The zero-order chi connectivity index (χ0) is 20.9. The SMILES string of the molecule is C=Cc1ccc2sc(CC)cc2c1CCc1ccc(CC)cc1.CC.CCC. The van der Waals surface area contributed by atoms with Gasteiger partial charge in [-0.1, -0.05) is 91.0 Å². The summed E-state index contributed by atoms with van der Waals surface area (Å²) in [6.45, 7) is 16.7.